The van der Waals surface area contributed by atoms with Gasteiger partial charge in [0.15, 0.2) is 0 Å². The fourth-order valence-electron chi connectivity index (χ4n) is 3.06. The van der Waals surface area contributed by atoms with Crippen molar-refractivity contribution in [2.75, 3.05) is 19.7 Å². The molecule has 2 saturated heterocycles. The van der Waals surface area contributed by atoms with Gasteiger partial charge >= 0.3 is 0 Å². The summed E-state index contributed by atoms with van der Waals surface area (Å²) in [4.78, 5) is 2.04. The molecule has 3 rings (SSSR count). The molecule has 3 aliphatic rings. The van der Waals surface area contributed by atoms with Crippen molar-refractivity contribution in [1.82, 2.24) is 4.90 Å². The maximum atomic E-state index is 13.1. The first-order valence-electron chi connectivity index (χ1n) is 4.78. The van der Waals surface area contributed by atoms with Crippen molar-refractivity contribution < 1.29 is 13.9 Å². The summed E-state index contributed by atoms with van der Waals surface area (Å²) in [6, 6.07) is 0. The Kier molecular flexibility index (Phi) is 1.19. The lowest BCUT2D eigenvalue weighted by atomic mass is 9.83. The second kappa shape index (κ2) is 1.91. The summed E-state index contributed by atoms with van der Waals surface area (Å²) in [6.45, 7) is 1.43. The van der Waals surface area contributed by atoms with Crippen molar-refractivity contribution in [3.05, 3.63) is 0 Å². The highest BCUT2D eigenvalue weighted by molar-refractivity contribution is 5.23. The van der Waals surface area contributed by atoms with Crippen LogP contribution >= 0.6 is 0 Å². The standard InChI is InChI=1S/C9H13F2NO/c10-9(11)4-7(9)3-8(6-13)1-2-12(8)5-7/h13H,1-6H2. The highest BCUT2D eigenvalue weighted by Gasteiger charge is 2.77. The highest BCUT2D eigenvalue weighted by atomic mass is 19.3. The zero-order valence-corrected chi connectivity index (χ0v) is 7.39. The first kappa shape index (κ1) is 8.12. The zero-order chi connectivity index (χ0) is 9.32. The predicted molar refractivity (Wildman–Crippen MR) is 42.6 cm³/mol. The minimum absolute atomic E-state index is 0.0399. The van der Waals surface area contributed by atoms with E-state index in [0.29, 0.717) is 13.0 Å². The first-order chi connectivity index (χ1) is 6.04. The van der Waals surface area contributed by atoms with Crippen LogP contribution in [0, 0.1) is 5.41 Å². The third-order valence-electron chi connectivity index (χ3n) is 4.18. The van der Waals surface area contributed by atoms with Crippen molar-refractivity contribution in [1.29, 1.82) is 0 Å². The van der Waals surface area contributed by atoms with E-state index in [-0.39, 0.29) is 18.6 Å². The molecule has 1 spiro atoms. The Morgan fingerprint density at radius 2 is 2.00 bits per heavy atom. The fraction of sp³-hybridized carbons (Fsp3) is 1.00. The number of halogens is 2. The molecule has 0 aromatic carbocycles. The van der Waals surface area contributed by atoms with E-state index in [1.54, 1.807) is 0 Å². The number of aliphatic hydroxyl groups excluding tert-OH is 1. The summed E-state index contributed by atoms with van der Waals surface area (Å²) in [6.07, 6.45) is 1.43. The Balaban J connectivity index is 1.86. The molecule has 74 valence electrons. The SMILES string of the molecule is OCC12CCN1CC1(C2)CC1(F)F. The van der Waals surface area contributed by atoms with E-state index in [1.165, 1.54) is 0 Å². The van der Waals surface area contributed by atoms with Crippen molar-refractivity contribution in [3.8, 4) is 0 Å². The maximum absolute atomic E-state index is 13.1. The van der Waals surface area contributed by atoms with Crippen molar-refractivity contribution >= 4 is 0 Å². The van der Waals surface area contributed by atoms with Gasteiger partial charge in [-0.05, 0) is 12.8 Å². The Hall–Kier alpha value is -0.220. The van der Waals surface area contributed by atoms with Crippen LogP contribution < -0.4 is 0 Å². The van der Waals surface area contributed by atoms with Gasteiger partial charge in [-0.1, -0.05) is 0 Å². The third-order valence-corrected chi connectivity index (χ3v) is 4.18. The summed E-state index contributed by atoms with van der Waals surface area (Å²) in [5.74, 6) is -2.45. The molecule has 1 saturated carbocycles. The first-order valence-corrected chi connectivity index (χ1v) is 4.78. The van der Waals surface area contributed by atoms with E-state index in [0.717, 1.165) is 13.0 Å². The molecule has 0 radical (unpaired) electrons. The van der Waals surface area contributed by atoms with Crippen LogP contribution in [0.25, 0.3) is 0 Å². The number of rotatable bonds is 1. The van der Waals surface area contributed by atoms with Gasteiger partial charge in [-0.25, -0.2) is 8.78 Å². The van der Waals surface area contributed by atoms with Gasteiger partial charge < -0.3 is 5.11 Å². The van der Waals surface area contributed by atoms with Gasteiger partial charge in [0, 0.05) is 25.0 Å². The van der Waals surface area contributed by atoms with Gasteiger partial charge in [0.25, 0.3) is 5.92 Å². The molecular weight excluding hydrogens is 176 g/mol. The van der Waals surface area contributed by atoms with Crippen LogP contribution in [0.4, 0.5) is 8.78 Å². The summed E-state index contributed by atoms with van der Waals surface area (Å²) >= 11 is 0. The maximum Gasteiger partial charge on any atom is 0.255 e. The molecular formula is C9H13F2NO. The number of nitrogens with zero attached hydrogens (tertiary/aromatic N) is 1. The zero-order valence-electron chi connectivity index (χ0n) is 7.39. The molecule has 2 nitrogen and oxygen atoms in total. The van der Waals surface area contributed by atoms with Gasteiger partial charge in [0.1, 0.15) is 0 Å². The van der Waals surface area contributed by atoms with Crippen LogP contribution in [-0.2, 0) is 0 Å². The fourth-order valence-corrected chi connectivity index (χ4v) is 3.06. The number of fused-ring (bicyclic) bond motifs is 1. The predicted octanol–water partition coefficient (Wildman–Crippen LogP) is 0.852. The smallest absolute Gasteiger partial charge is 0.255 e. The summed E-state index contributed by atoms with van der Waals surface area (Å²) in [7, 11) is 0. The van der Waals surface area contributed by atoms with Crippen LogP contribution in [-0.4, -0.2) is 41.2 Å². The van der Waals surface area contributed by atoms with E-state index < -0.39 is 11.3 Å². The second-order valence-corrected chi connectivity index (χ2v) is 4.89. The number of hydrogen-bond acceptors (Lipinski definition) is 2. The lowest BCUT2D eigenvalue weighted by Crippen LogP contribution is -2.57. The Labute approximate surface area is 75.5 Å². The summed E-state index contributed by atoms with van der Waals surface area (Å²) < 4.78 is 26.1. The monoisotopic (exact) mass is 189 g/mol. The average Bonchev–Trinajstić information content (AvgIpc) is 2.50. The quantitative estimate of drug-likeness (QED) is 0.661. The summed E-state index contributed by atoms with van der Waals surface area (Å²) in [5, 5.41) is 9.19. The van der Waals surface area contributed by atoms with E-state index in [1.807, 2.05) is 4.90 Å². The minimum Gasteiger partial charge on any atom is -0.394 e. The number of alkyl halides is 2. The molecule has 3 fully saturated rings. The molecule has 1 aliphatic carbocycles. The Morgan fingerprint density at radius 1 is 1.31 bits per heavy atom. The van der Waals surface area contributed by atoms with Crippen molar-refractivity contribution in [2.24, 2.45) is 5.41 Å². The largest absolute Gasteiger partial charge is 0.394 e. The van der Waals surface area contributed by atoms with Crippen molar-refractivity contribution in [2.45, 2.75) is 30.7 Å². The topological polar surface area (TPSA) is 23.5 Å². The van der Waals surface area contributed by atoms with E-state index in [2.05, 4.69) is 0 Å². The Morgan fingerprint density at radius 3 is 2.31 bits per heavy atom. The lowest BCUT2D eigenvalue weighted by molar-refractivity contribution is -0.0190. The molecule has 0 bridgehead atoms. The van der Waals surface area contributed by atoms with Gasteiger partial charge in [-0.2, -0.15) is 0 Å². The van der Waals surface area contributed by atoms with Gasteiger partial charge in [0.05, 0.1) is 12.0 Å². The second-order valence-electron chi connectivity index (χ2n) is 4.89. The molecule has 0 aromatic heterocycles. The van der Waals surface area contributed by atoms with Crippen LogP contribution in [0.5, 0.6) is 0 Å². The van der Waals surface area contributed by atoms with Crippen LogP contribution in [0.2, 0.25) is 0 Å². The molecule has 0 amide bonds. The molecule has 2 unspecified atom stereocenters. The van der Waals surface area contributed by atoms with Gasteiger partial charge in [-0.3, -0.25) is 4.90 Å². The molecule has 1 N–H and O–H groups in total. The molecule has 13 heavy (non-hydrogen) atoms. The van der Waals surface area contributed by atoms with Crippen LogP contribution in [0.1, 0.15) is 19.3 Å². The molecule has 4 heteroatoms. The molecule has 2 atom stereocenters. The van der Waals surface area contributed by atoms with Crippen LogP contribution in [0.15, 0.2) is 0 Å². The lowest BCUT2D eigenvalue weighted by Gasteiger charge is -2.46. The van der Waals surface area contributed by atoms with Crippen LogP contribution in [0.3, 0.4) is 0 Å². The highest BCUT2D eigenvalue weighted by Crippen LogP contribution is 2.70. The van der Waals surface area contributed by atoms with E-state index >= 15 is 0 Å². The van der Waals surface area contributed by atoms with E-state index in [9.17, 15) is 13.9 Å². The molecule has 2 aliphatic heterocycles. The normalized spacial score (nSPS) is 51.9. The van der Waals surface area contributed by atoms with Crippen molar-refractivity contribution in [3.63, 3.8) is 0 Å². The number of hydrogen-bond donors (Lipinski definition) is 1. The minimum atomic E-state index is -2.45. The molecule has 0 aromatic rings. The van der Waals surface area contributed by atoms with E-state index in [4.69, 9.17) is 0 Å². The number of aliphatic hydroxyl groups is 1. The van der Waals surface area contributed by atoms with Gasteiger partial charge in [-0.15, -0.1) is 0 Å². The van der Waals surface area contributed by atoms with Gasteiger partial charge in [0.2, 0.25) is 0 Å². The Bertz CT molecular complexity index is 266. The average molecular weight is 189 g/mol. The molecule has 2 heterocycles. The third kappa shape index (κ3) is 0.749. The summed E-state index contributed by atoms with van der Waals surface area (Å²) in [5.41, 5.74) is -1.02.